The van der Waals surface area contributed by atoms with Crippen molar-refractivity contribution in [3.63, 3.8) is 0 Å². The second kappa shape index (κ2) is 31.4. The number of hydrogen-bond donors (Lipinski definition) is 15. The van der Waals surface area contributed by atoms with E-state index in [1.54, 1.807) is 27.7 Å². The smallest absolute Gasteiger partial charge is 0.326 e. The van der Waals surface area contributed by atoms with E-state index in [0.29, 0.717) is 25.7 Å². The van der Waals surface area contributed by atoms with Crippen molar-refractivity contribution in [1.29, 1.82) is 0 Å². The van der Waals surface area contributed by atoms with Crippen molar-refractivity contribution >= 4 is 65.0 Å². The first-order valence-electron chi connectivity index (χ1n) is 24.4. The van der Waals surface area contributed by atoms with Gasteiger partial charge in [0.1, 0.15) is 54.4 Å². The molecule has 1 aliphatic rings. The monoisotopic (exact) mass is 1030 g/mol. The molecule has 19 N–H and O–H groups in total. The number of aliphatic carboxylic acids is 1. The average molecular weight is 1030 g/mol. The van der Waals surface area contributed by atoms with Gasteiger partial charge in [0.05, 0.1) is 18.3 Å². The fourth-order valence-electron chi connectivity index (χ4n) is 7.55. The third-order valence-corrected chi connectivity index (χ3v) is 12.5. The van der Waals surface area contributed by atoms with Crippen molar-refractivity contribution in [2.75, 3.05) is 13.1 Å². The minimum atomic E-state index is -1.87. The number of carbonyl (C=O) groups is 11. The lowest BCUT2D eigenvalue weighted by atomic mass is 9.96. The van der Waals surface area contributed by atoms with Crippen LogP contribution in [0.1, 0.15) is 119 Å². The molecule has 0 aliphatic carbocycles. The summed E-state index contributed by atoms with van der Waals surface area (Å²) in [7, 11) is 0. The average Bonchev–Trinajstić information content (AvgIpc) is 3.81. The highest BCUT2D eigenvalue weighted by molar-refractivity contribution is 5.98. The quantitative estimate of drug-likeness (QED) is 0.0273. The largest absolute Gasteiger partial charge is 0.480 e. The zero-order chi connectivity index (χ0) is 55.2. The van der Waals surface area contributed by atoms with Crippen LogP contribution in [0.25, 0.3) is 0 Å². The topological polar surface area (TPSA) is 460 Å². The van der Waals surface area contributed by atoms with Crippen LogP contribution in [0, 0.1) is 11.8 Å². The Bertz CT molecular complexity index is 1890. The van der Waals surface area contributed by atoms with Gasteiger partial charge in [-0.2, -0.15) is 0 Å². The van der Waals surface area contributed by atoms with E-state index in [-0.39, 0.29) is 32.4 Å². The third-order valence-electron chi connectivity index (χ3n) is 12.5. The van der Waals surface area contributed by atoms with E-state index in [1.165, 1.54) is 18.7 Å². The number of aliphatic hydroxyl groups is 3. The lowest BCUT2D eigenvalue weighted by Gasteiger charge is -2.33. The van der Waals surface area contributed by atoms with Crippen LogP contribution < -0.4 is 60.2 Å². The molecular formula is C45H80N12O15. The minimum absolute atomic E-state index is 0.104. The van der Waals surface area contributed by atoms with E-state index >= 15 is 0 Å². The van der Waals surface area contributed by atoms with E-state index < -0.39 is 175 Å². The summed E-state index contributed by atoms with van der Waals surface area (Å²) in [6, 6.07) is -13.4. The number of carboxylic acid groups (broad SMARTS) is 1. The number of likely N-dealkylation sites (tertiary alicyclic amines) is 1. The van der Waals surface area contributed by atoms with Crippen molar-refractivity contribution in [2.45, 2.75) is 192 Å². The number of primary amides is 2. The van der Waals surface area contributed by atoms with Crippen LogP contribution in [0.4, 0.5) is 0 Å². The Labute approximate surface area is 419 Å². The molecule has 0 saturated carbocycles. The SMILES string of the molecule is CC[C@H](C)[C@H](NC(=O)[C@H](CCC(N)=O)NC(=O)[C@@H](NC(=O)[C@H](CCC(N)=O)NC(=O)[C@H](CCCCN)NC(=O)[C@@H](NC(=O)[C@@H]1CCCN1C(=O)[C@@H](NC(=O)[C@@H](N)[C@@H](C)O)[C@@H](C)CC)[C@@H](C)O)[C@@H](C)O)C(=O)O. The first kappa shape index (κ1) is 64.0. The van der Waals surface area contributed by atoms with E-state index in [1.807, 2.05) is 0 Å². The van der Waals surface area contributed by atoms with Crippen LogP contribution in [0.2, 0.25) is 0 Å². The summed E-state index contributed by atoms with van der Waals surface area (Å²) in [6.07, 6.45) is -4.56. The Balaban J connectivity index is 3.44. The summed E-state index contributed by atoms with van der Waals surface area (Å²) in [4.78, 5) is 146. The van der Waals surface area contributed by atoms with Gasteiger partial charge in [-0.3, -0.25) is 47.9 Å². The molecule has 1 aliphatic heterocycles. The van der Waals surface area contributed by atoms with Gasteiger partial charge in [-0.25, -0.2) is 4.79 Å². The summed E-state index contributed by atoms with van der Waals surface area (Å²) in [6.45, 7) is 10.6. The molecule has 1 fully saturated rings. The molecule has 27 heteroatoms. The van der Waals surface area contributed by atoms with E-state index in [9.17, 15) is 73.2 Å². The number of amides is 10. The van der Waals surface area contributed by atoms with Crippen LogP contribution in [-0.4, -0.2) is 176 Å². The second-order valence-electron chi connectivity index (χ2n) is 18.5. The Morgan fingerprint density at radius 2 is 0.972 bits per heavy atom. The van der Waals surface area contributed by atoms with E-state index in [2.05, 4.69) is 37.2 Å². The molecule has 1 rings (SSSR count). The number of unbranched alkanes of at least 4 members (excludes halogenated alkanes) is 1. The molecule has 14 atom stereocenters. The van der Waals surface area contributed by atoms with Gasteiger partial charge in [0.25, 0.3) is 0 Å². The lowest BCUT2D eigenvalue weighted by molar-refractivity contribution is -0.144. The van der Waals surface area contributed by atoms with Gasteiger partial charge in [0.15, 0.2) is 0 Å². The molecule has 1 saturated heterocycles. The fourth-order valence-corrected chi connectivity index (χ4v) is 7.55. The van der Waals surface area contributed by atoms with Crippen LogP contribution in [0.5, 0.6) is 0 Å². The third kappa shape index (κ3) is 20.6. The molecule has 0 aromatic carbocycles. The molecule has 0 bridgehead atoms. The number of carboxylic acids is 1. The maximum absolute atomic E-state index is 14.0. The van der Waals surface area contributed by atoms with Gasteiger partial charge in [-0.15, -0.1) is 0 Å². The normalized spacial score (nSPS) is 18.8. The van der Waals surface area contributed by atoms with Crippen molar-refractivity contribution < 1.29 is 73.2 Å². The van der Waals surface area contributed by atoms with E-state index in [0.717, 1.165) is 6.92 Å². The molecule has 0 aromatic rings. The maximum Gasteiger partial charge on any atom is 0.326 e. The molecule has 10 amide bonds. The Morgan fingerprint density at radius 1 is 0.556 bits per heavy atom. The summed E-state index contributed by atoms with van der Waals surface area (Å²) >= 11 is 0. The van der Waals surface area contributed by atoms with Crippen molar-refractivity contribution in [2.24, 2.45) is 34.8 Å². The summed E-state index contributed by atoms with van der Waals surface area (Å²) in [5.74, 6) is -11.8. The van der Waals surface area contributed by atoms with Crippen LogP contribution in [-0.2, 0) is 52.7 Å². The number of rotatable bonds is 33. The van der Waals surface area contributed by atoms with Gasteiger partial charge in [0.2, 0.25) is 59.1 Å². The number of nitrogens with one attached hydrogen (secondary N) is 7. The van der Waals surface area contributed by atoms with Crippen LogP contribution in [0.3, 0.4) is 0 Å². The molecule has 0 spiro atoms. The van der Waals surface area contributed by atoms with Crippen LogP contribution in [0.15, 0.2) is 0 Å². The Kier molecular flexibility index (Phi) is 27.9. The Hall–Kier alpha value is -6.03. The number of nitrogens with two attached hydrogens (primary N) is 4. The summed E-state index contributed by atoms with van der Waals surface area (Å²) < 4.78 is 0. The first-order chi connectivity index (χ1) is 33.6. The molecular weight excluding hydrogens is 949 g/mol. The predicted molar refractivity (Wildman–Crippen MR) is 258 cm³/mol. The van der Waals surface area contributed by atoms with Crippen LogP contribution >= 0.6 is 0 Å². The highest BCUT2D eigenvalue weighted by Gasteiger charge is 2.42. The molecule has 0 unspecified atom stereocenters. The fraction of sp³-hybridized carbons (Fsp3) is 0.756. The van der Waals surface area contributed by atoms with Crippen molar-refractivity contribution in [1.82, 2.24) is 42.1 Å². The number of carbonyl (C=O) groups excluding carboxylic acids is 10. The standard InChI is InChI=1S/C45H80N12O15/c1-8-21(3)33(53-41(67)32(49)23(5)58)44(70)57-20-12-14-29(57)40(66)56-36(25(7)60)43(69)51-26(13-10-11-19-46)37(63)50-27(15-17-30(47)61)39(65)55-35(24(6)59)42(68)52-28(16-18-31(48)62)38(64)54-34(45(71)72)22(4)9-2/h21-29,32-36,58-60H,8-20,46,49H2,1-7H3,(H2,47,61)(H2,48,62)(H,50,63)(H,51,69)(H,52,68)(H,53,67)(H,54,64)(H,55,65)(H,56,66)(H,71,72)/t21-,22-,23+,24+,25+,26-,27-,28-,29-,32-,33-,34-,35-,36-/m0/s1. The molecule has 0 aromatic heterocycles. The molecule has 72 heavy (non-hydrogen) atoms. The molecule has 410 valence electrons. The molecule has 1 heterocycles. The molecule has 27 nitrogen and oxygen atoms in total. The zero-order valence-electron chi connectivity index (χ0n) is 42.3. The predicted octanol–water partition coefficient (Wildman–Crippen LogP) is -5.32. The summed E-state index contributed by atoms with van der Waals surface area (Å²) in [5.41, 5.74) is 22.1. The van der Waals surface area contributed by atoms with Crippen molar-refractivity contribution in [3.05, 3.63) is 0 Å². The molecule has 0 radical (unpaired) electrons. The first-order valence-corrected chi connectivity index (χ1v) is 24.4. The lowest BCUT2D eigenvalue weighted by Crippen LogP contribution is -2.62. The van der Waals surface area contributed by atoms with E-state index in [4.69, 9.17) is 22.9 Å². The highest BCUT2D eigenvalue weighted by atomic mass is 16.4. The highest BCUT2D eigenvalue weighted by Crippen LogP contribution is 2.22. The minimum Gasteiger partial charge on any atom is -0.480 e. The maximum atomic E-state index is 14.0. The Morgan fingerprint density at radius 3 is 1.40 bits per heavy atom. The number of hydrogen-bond acceptors (Lipinski definition) is 16. The van der Waals surface area contributed by atoms with Gasteiger partial charge in [-0.1, -0.05) is 40.5 Å². The number of nitrogens with zero attached hydrogens (tertiary/aromatic N) is 1. The summed E-state index contributed by atoms with van der Waals surface area (Å²) in [5, 5.41) is 57.8. The van der Waals surface area contributed by atoms with Gasteiger partial charge in [-0.05, 0) is 84.1 Å². The second-order valence-corrected chi connectivity index (χ2v) is 18.5. The zero-order valence-corrected chi connectivity index (χ0v) is 42.3. The van der Waals surface area contributed by atoms with Crippen molar-refractivity contribution in [3.8, 4) is 0 Å². The van der Waals surface area contributed by atoms with Gasteiger partial charge in [0, 0.05) is 19.4 Å². The van der Waals surface area contributed by atoms with Gasteiger partial charge >= 0.3 is 5.97 Å². The van der Waals surface area contributed by atoms with Gasteiger partial charge < -0.3 is 85.5 Å². The number of aliphatic hydroxyl groups excluding tert-OH is 3.